The van der Waals surface area contributed by atoms with Gasteiger partial charge in [0.05, 0.1) is 7.11 Å². The van der Waals surface area contributed by atoms with Gasteiger partial charge in [0.25, 0.3) is 0 Å². The summed E-state index contributed by atoms with van der Waals surface area (Å²) in [7, 11) is 1.74. The van der Waals surface area contributed by atoms with E-state index in [9.17, 15) is 0 Å². The highest BCUT2D eigenvalue weighted by atomic mass is 16.5. The fourth-order valence-electron chi connectivity index (χ4n) is 3.95. The number of hydrogen-bond acceptors (Lipinski definition) is 4. The quantitative estimate of drug-likeness (QED) is 0.864. The Bertz CT molecular complexity index is 555. The average molecular weight is 301 g/mol. The van der Waals surface area contributed by atoms with Gasteiger partial charge in [0.2, 0.25) is 0 Å². The van der Waals surface area contributed by atoms with E-state index in [2.05, 4.69) is 18.0 Å². The van der Waals surface area contributed by atoms with E-state index in [0.717, 1.165) is 30.9 Å². The molecule has 22 heavy (non-hydrogen) atoms. The van der Waals surface area contributed by atoms with Crippen LogP contribution < -0.4 is 10.5 Å². The lowest BCUT2D eigenvalue weighted by molar-refractivity contribution is 0.334. The molecule has 0 amide bonds. The molecule has 0 radical (unpaired) electrons. The summed E-state index contributed by atoms with van der Waals surface area (Å²) in [6.45, 7) is 4.26. The van der Waals surface area contributed by atoms with Gasteiger partial charge in [0.15, 0.2) is 0 Å². The summed E-state index contributed by atoms with van der Waals surface area (Å²) >= 11 is 0. The highest BCUT2D eigenvalue weighted by Gasteiger charge is 2.34. The lowest BCUT2D eigenvalue weighted by Gasteiger charge is -2.32. The van der Waals surface area contributed by atoms with Crippen molar-refractivity contribution < 1.29 is 4.74 Å². The van der Waals surface area contributed by atoms with Gasteiger partial charge < -0.3 is 10.5 Å². The summed E-state index contributed by atoms with van der Waals surface area (Å²) in [4.78, 5) is 0. The van der Waals surface area contributed by atoms with Crippen LogP contribution in [-0.4, -0.2) is 30.9 Å². The zero-order valence-electron chi connectivity index (χ0n) is 13.7. The van der Waals surface area contributed by atoms with Crippen LogP contribution in [0.1, 0.15) is 50.5 Å². The van der Waals surface area contributed by atoms with E-state index in [1.807, 2.05) is 12.1 Å². The number of benzene rings is 1. The van der Waals surface area contributed by atoms with Crippen LogP contribution in [0.5, 0.6) is 5.75 Å². The topological polar surface area (TPSA) is 50.8 Å². The first-order chi connectivity index (χ1) is 10.7. The molecule has 1 aliphatic heterocycles. The van der Waals surface area contributed by atoms with Crippen molar-refractivity contribution in [2.24, 2.45) is 11.0 Å². The molecule has 0 aromatic heterocycles. The van der Waals surface area contributed by atoms with Gasteiger partial charge >= 0.3 is 0 Å². The molecule has 4 nitrogen and oxygen atoms in total. The monoisotopic (exact) mass is 301 g/mol. The summed E-state index contributed by atoms with van der Waals surface area (Å²) in [5, 5.41) is 7.06. The average Bonchev–Trinajstić information content (AvgIpc) is 3.03. The number of hydrogen-bond donors (Lipinski definition) is 1. The summed E-state index contributed by atoms with van der Waals surface area (Å²) in [5.74, 6) is 2.01. The predicted octanol–water partition coefficient (Wildman–Crippen LogP) is 3.63. The molecular formula is C18H27N3O. The predicted molar refractivity (Wildman–Crippen MR) is 91.4 cm³/mol. The standard InChI is InChI=1S/C18H27N3O/c1-3-21-11-10-17(20-21)15-7-5-4-6-14(15)16-9-8-13(19)12-18(16)22-2/h8-9,12,14-15H,3-7,10-11,19H2,1-2H3. The Hall–Kier alpha value is -1.71. The van der Waals surface area contributed by atoms with Gasteiger partial charge in [0, 0.05) is 42.9 Å². The molecule has 1 aliphatic carbocycles. The maximum Gasteiger partial charge on any atom is 0.124 e. The van der Waals surface area contributed by atoms with Gasteiger partial charge in [0.1, 0.15) is 5.75 Å². The van der Waals surface area contributed by atoms with Crippen molar-refractivity contribution in [2.45, 2.75) is 44.9 Å². The van der Waals surface area contributed by atoms with Crippen LogP contribution in [0.15, 0.2) is 23.3 Å². The number of anilines is 1. The molecule has 1 heterocycles. The number of nitrogens with zero attached hydrogens (tertiary/aromatic N) is 2. The van der Waals surface area contributed by atoms with E-state index < -0.39 is 0 Å². The number of methoxy groups -OCH3 is 1. The molecule has 0 spiro atoms. The van der Waals surface area contributed by atoms with Crippen LogP contribution in [0, 0.1) is 5.92 Å². The molecule has 1 aromatic carbocycles. The first kappa shape index (κ1) is 15.2. The van der Waals surface area contributed by atoms with Crippen LogP contribution in [-0.2, 0) is 0 Å². The Morgan fingerprint density at radius 1 is 1.27 bits per heavy atom. The second-order valence-corrected chi connectivity index (χ2v) is 6.39. The van der Waals surface area contributed by atoms with Gasteiger partial charge in [-0.25, -0.2) is 0 Å². The summed E-state index contributed by atoms with van der Waals surface area (Å²) in [6.07, 6.45) is 6.18. The second kappa shape index (κ2) is 6.59. The molecule has 2 atom stereocenters. The lowest BCUT2D eigenvalue weighted by Crippen LogP contribution is -2.25. The van der Waals surface area contributed by atoms with Crippen molar-refractivity contribution in [1.82, 2.24) is 5.01 Å². The molecule has 1 saturated carbocycles. The van der Waals surface area contributed by atoms with Gasteiger partial charge in [-0.2, -0.15) is 5.10 Å². The smallest absolute Gasteiger partial charge is 0.124 e. The zero-order valence-corrected chi connectivity index (χ0v) is 13.7. The SMILES string of the molecule is CCN1CCC(C2CCCCC2c2ccc(N)cc2OC)=N1. The van der Waals surface area contributed by atoms with Crippen molar-refractivity contribution in [3.63, 3.8) is 0 Å². The molecule has 0 bridgehead atoms. The van der Waals surface area contributed by atoms with Gasteiger partial charge in [-0.1, -0.05) is 18.9 Å². The van der Waals surface area contributed by atoms with Gasteiger partial charge in [-0.15, -0.1) is 0 Å². The van der Waals surface area contributed by atoms with Crippen LogP contribution in [0.2, 0.25) is 0 Å². The molecule has 3 rings (SSSR count). The number of ether oxygens (including phenoxy) is 1. The van der Waals surface area contributed by atoms with E-state index >= 15 is 0 Å². The third-order valence-electron chi connectivity index (χ3n) is 5.11. The van der Waals surface area contributed by atoms with Crippen molar-refractivity contribution in [3.8, 4) is 5.75 Å². The third kappa shape index (κ3) is 2.92. The number of nitrogens with two attached hydrogens (primary N) is 1. The molecule has 1 aromatic rings. The minimum absolute atomic E-state index is 0.514. The molecule has 4 heteroatoms. The second-order valence-electron chi connectivity index (χ2n) is 6.39. The Morgan fingerprint density at radius 3 is 2.73 bits per heavy atom. The molecule has 1 fully saturated rings. The van der Waals surface area contributed by atoms with Crippen LogP contribution in [0.25, 0.3) is 0 Å². The number of hydrazone groups is 1. The molecule has 120 valence electrons. The Kier molecular flexibility index (Phi) is 4.55. The molecule has 2 N–H and O–H groups in total. The highest BCUT2D eigenvalue weighted by Crippen LogP contribution is 2.43. The van der Waals surface area contributed by atoms with Crippen LogP contribution in [0.4, 0.5) is 5.69 Å². The van der Waals surface area contributed by atoms with E-state index in [1.165, 1.54) is 37.0 Å². The van der Waals surface area contributed by atoms with Gasteiger partial charge in [-0.05, 0) is 37.3 Å². The van der Waals surface area contributed by atoms with E-state index in [-0.39, 0.29) is 0 Å². The van der Waals surface area contributed by atoms with Crippen molar-refractivity contribution in [3.05, 3.63) is 23.8 Å². The Balaban J connectivity index is 1.90. The van der Waals surface area contributed by atoms with Gasteiger partial charge in [-0.3, -0.25) is 5.01 Å². The van der Waals surface area contributed by atoms with E-state index in [4.69, 9.17) is 15.6 Å². The van der Waals surface area contributed by atoms with Crippen molar-refractivity contribution in [1.29, 1.82) is 0 Å². The highest BCUT2D eigenvalue weighted by molar-refractivity contribution is 5.89. The van der Waals surface area contributed by atoms with Crippen molar-refractivity contribution in [2.75, 3.05) is 25.9 Å². The summed E-state index contributed by atoms with van der Waals surface area (Å²) < 4.78 is 5.60. The van der Waals surface area contributed by atoms with E-state index in [1.54, 1.807) is 7.11 Å². The lowest BCUT2D eigenvalue weighted by atomic mass is 9.72. The minimum atomic E-state index is 0.514. The van der Waals surface area contributed by atoms with E-state index in [0.29, 0.717) is 11.8 Å². The molecule has 2 aliphatic rings. The molecule has 0 saturated heterocycles. The maximum atomic E-state index is 5.92. The van der Waals surface area contributed by atoms with Crippen LogP contribution >= 0.6 is 0 Å². The fraction of sp³-hybridized carbons (Fsp3) is 0.611. The molecule has 2 unspecified atom stereocenters. The first-order valence-corrected chi connectivity index (χ1v) is 8.48. The normalized spacial score (nSPS) is 25.2. The first-order valence-electron chi connectivity index (χ1n) is 8.48. The van der Waals surface area contributed by atoms with Crippen molar-refractivity contribution >= 4 is 11.4 Å². The number of nitrogen functional groups attached to an aromatic ring is 1. The Morgan fingerprint density at radius 2 is 2.05 bits per heavy atom. The molecular weight excluding hydrogens is 274 g/mol. The number of rotatable bonds is 4. The maximum absolute atomic E-state index is 5.92. The summed E-state index contributed by atoms with van der Waals surface area (Å²) in [5.41, 5.74) is 9.38. The fourth-order valence-corrected chi connectivity index (χ4v) is 3.95. The summed E-state index contributed by atoms with van der Waals surface area (Å²) in [6, 6.07) is 6.11. The minimum Gasteiger partial charge on any atom is -0.496 e. The Labute approximate surface area is 133 Å². The van der Waals surface area contributed by atoms with Crippen LogP contribution in [0.3, 0.4) is 0 Å². The zero-order chi connectivity index (χ0) is 15.5. The third-order valence-corrected chi connectivity index (χ3v) is 5.11. The largest absolute Gasteiger partial charge is 0.496 e.